The van der Waals surface area contributed by atoms with Crippen molar-refractivity contribution in [2.45, 2.75) is 31.4 Å². The molecule has 0 saturated heterocycles. The summed E-state index contributed by atoms with van der Waals surface area (Å²) in [6.45, 7) is 0. The molecule has 0 N–H and O–H groups in total. The van der Waals surface area contributed by atoms with Crippen LogP contribution < -0.4 is 4.74 Å². The van der Waals surface area contributed by atoms with Crippen LogP contribution in [-0.4, -0.2) is 17.1 Å². The van der Waals surface area contributed by atoms with E-state index < -0.39 is 10.8 Å². The zero-order chi connectivity index (χ0) is 13.0. The molecular weight excluding hydrogens is 251 g/mol. The molecule has 18 heavy (non-hydrogen) atoms. The van der Waals surface area contributed by atoms with Crippen molar-refractivity contribution in [1.82, 2.24) is 0 Å². The van der Waals surface area contributed by atoms with Gasteiger partial charge in [0, 0.05) is 22.1 Å². The molecule has 100 valence electrons. The Kier molecular flexibility index (Phi) is 4.75. The van der Waals surface area contributed by atoms with Crippen LogP contribution in [0, 0.1) is 11.7 Å². The molecule has 4 heteroatoms. The van der Waals surface area contributed by atoms with Crippen LogP contribution in [0.3, 0.4) is 0 Å². The molecule has 1 aliphatic rings. The Hall–Kier alpha value is -0.900. The van der Waals surface area contributed by atoms with Crippen LogP contribution in [0.5, 0.6) is 5.75 Å². The lowest BCUT2D eigenvalue weighted by Gasteiger charge is -2.11. The average Bonchev–Trinajstić information content (AvgIpc) is 2.82. The van der Waals surface area contributed by atoms with Gasteiger partial charge in [0.1, 0.15) is 11.6 Å². The van der Waals surface area contributed by atoms with E-state index in [1.54, 1.807) is 13.2 Å². The van der Waals surface area contributed by atoms with Gasteiger partial charge in [-0.1, -0.05) is 12.8 Å². The largest absolute Gasteiger partial charge is 0.496 e. The maximum absolute atomic E-state index is 13.2. The van der Waals surface area contributed by atoms with E-state index in [-0.39, 0.29) is 5.82 Å². The Balaban J connectivity index is 1.99. The zero-order valence-corrected chi connectivity index (χ0v) is 11.5. The first-order valence-electron chi connectivity index (χ1n) is 6.36. The van der Waals surface area contributed by atoms with Crippen LogP contribution in [0.2, 0.25) is 0 Å². The third-order valence-electron chi connectivity index (χ3n) is 3.46. The molecule has 2 rings (SSSR count). The highest BCUT2D eigenvalue weighted by Crippen LogP contribution is 2.27. The summed E-state index contributed by atoms with van der Waals surface area (Å²) in [4.78, 5) is 0. The zero-order valence-electron chi connectivity index (χ0n) is 10.7. The normalized spacial score (nSPS) is 17.9. The SMILES string of the molecule is COc1ccc(F)cc1C[S@@](=O)CC1CCCC1. The van der Waals surface area contributed by atoms with E-state index in [0.717, 1.165) is 5.75 Å². The number of methoxy groups -OCH3 is 1. The van der Waals surface area contributed by atoms with Crippen LogP contribution in [-0.2, 0) is 16.6 Å². The predicted octanol–water partition coefficient (Wildman–Crippen LogP) is 3.27. The lowest BCUT2D eigenvalue weighted by molar-refractivity contribution is 0.410. The molecule has 1 aromatic rings. The van der Waals surface area contributed by atoms with Gasteiger partial charge in [-0.3, -0.25) is 4.21 Å². The summed E-state index contributed by atoms with van der Waals surface area (Å²) in [7, 11) is 0.625. The van der Waals surface area contributed by atoms with Crippen molar-refractivity contribution in [3.63, 3.8) is 0 Å². The maximum Gasteiger partial charge on any atom is 0.123 e. The Morgan fingerprint density at radius 3 is 2.78 bits per heavy atom. The number of ether oxygens (including phenoxy) is 1. The van der Waals surface area contributed by atoms with Crippen molar-refractivity contribution < 1.29 is 13.3 Å². The standard InChI is InChI=1S/C14H19FO2S/c1-17-14-7-6-13(15)8-12(14)10-18(16)9-11-4-2-3-5-11/h6-8,11H,2-5,9-10H2,1H3/t18-/m0/s1. The van der Waals surface area contributed by atoms with Gasteiger partial charge in [0.05, 0.1) is 12.9 Å². The van der Waals surface area contributed by atoms with E-state index in [0.29, 0.717) is 23.0 Å². The highest BCUT2D eigenvalue weighted by Gasteiger charge is 2.18. The second-order valence-corrected chi connectivity index (χ2v) is 6.36. The van der Waals surface area contributed by atoms with Crippen LogP contribution >= 0.6 is 0 Å². The van der Waals surface area contributed by atoms with Gasteiger partial charge in [-0.25, -0.2) is 4.39 Å². The highest BCUT2D eigenvalue weighted by molar-refractivity contribution is 7.84. The highest BCUT2D eigenvalue weighted by atomic mass is 32.2. The van der Waals surface area contributed by atoms with Gasteiger partial charge in [-0.15, -0.1) is 0 Å². The molecular formula is C14H19FO2S. The Morgan fingerprint density at radius 1 is 1.39 bits per heavy atom. The minimum Gasteiger partial charge on any atom is -0.496 e. The van der Waals surface area contributed by atoms with Crippen LogP contribution in [0.4, 0.5) is 4.39 Å². The van der Waals surface area contributed by atoms with Crippen molar-refractivity contribution in [2.24, 2.45) is 5.92 Å². The fourth-order valence-electron chi connectivity index (χ4n) is 2.53. The van der Waals surface area contributed by atoms with E-state index in [2.05, 4.69) is 0 Å². The molecule has 1 aliphatic carbocycles. The quantitative estimate of drug-likeness (QED) is 0.821. The number of rotatable bonds is 5. The number of benzene rings is 1. The molecule has 0 aromatic heterocycles. The molecule has 1 saturated carbocycles. The van der Waals surface area contributed by atoms with Gasteiger partial charge in [0.2, 0.25) is 0 Å². The lowest BCUT2D eigenvalue weighted by atomic mass is 10.1. The molecule has 1 atom stereocenters. The fraction of sp³-hybridized carbons (Fsp3) is 0.571. The summed E-state index contributed by atoms with van der Waals surface area (Å²) in [5, 5.41) is 0. The Morgan fingerprint density at radius 2 is 2.11 bits per heavy atom. The van der Waals surface area contributed by atoms with Crippen molar-refractivity contribution in [3.05, 3.63) is 29.6 Å². The summed E-state index contributed by atoms with van der Waals surface area (Å²) >= 11 is 0. The average molecular weight is 270 g/mol. The molecule has 0 heterocycles. The summed E-state index contributed by atoms with van der Waals surface area (Å²) in [6.07, 6.45) is 4.88. The molecule has 0 spiro atoms. The van der Waals surface area contributed by atoms with Gasteiger partial charge in [-0.2, -0.15) is 0 Å². The van der Waals surface area contributed by atoms with E-state index >= 15 is 0 Å². The van der Waals surface area contributed by atoms with Crippen molar-refractivity contribution >= 4 is 10.8 Å². The van der Waals surface area contributed by atoms with Gasteiger partial charge in [-0.05, 0) is 37.0 Å². The molecule has 0 bridgehead atoms. The molecule has 2 nitrogen and oxygen atoms in total. The lowest BCUT2D eigenvalue weighted by Crippen LogP contribution is -2.10. The molecule has 0 unspecified atom stereocenters. The summed E-state index contributed by atoms with van der Waals surface area (Å²) in [5.74, 6) is 2.03. The second kappa shape index (κ2) is 6.32. The van der Waals surface area contributed by atoms with Crippen LogP contribution in [0.25, 0.3) is 0 Å². The first-order chi connectivity index (χ1) is 8.69. The van der Waals surface area contributed by atoms with E-state index in [1.165, 1.54) is 37.8 Å². The fourth-order valence-corrected chi connectivity index (χ4v) is 4.08. The summed E-state index contributed by atoms with van der Waals surface area (Å²) in [5.41, 5.74) is 0.703. The molecule has 1 aromatic carbocycles. The van der Waals surface area contributed by atoms with E-state index in [1.807, 2.05) is 0 Å². The summed E-state index contributed by atoms with van der Waals surface area (Å²) < 4.78 is 30.4. The monoisotopic (exact) mass is 270 g/mol. The molecule has 0 radical (unpaired) electrons. The minimum atomic E-state index is -0.928. The first kappa shape index (κ1) is 13.5. The van der Waals surface area contributed by atoms with E-state index in [4.69, 9.17) is 4.74 Å². The van der Waals surface area contributed by atoms with E-state index in [9.17, 15) is 8.60 Å². The van der Waals surface area contributed by atoms with Gasteiger partial charge in [0.15, 0.2) is 0 Å². The third-order valence-corrected chi connectivity index (χ3v) is 4.93. The van der Waals surface area contributed by atoms with Crippen molar-refractivity contribution in [2.75, 3.05) is 12.9 Å². The predicted molar refractivity (Wildman–Crippen MR) is 71.6 cm³/mol. The number of hydrogen-bond donors (Lipinski definition) is 0. The minimum absolute atomic E-state index is 0.302. The number of hydrogen-bond acceptors (Lipinski definition) is 2. The van der Waals surface area contributed by atoms with Gasteiger partial charge >= 0.3 is 0 Å². The van der Waals surface area contributed by atoms with Gasteiger partial charge in [0.25, 0.3) is 0 Å². The maximum atomic E-state index is 13.2. The summed E-state index contributed by atoms with van der Waals surface area (Å²) in [6, 6.07) is 4.38. The number of halogens is 1. The molecule has 1 fully saturated rings. The van der Waals surface area contributed by atoms with Crippen molar-refractivity contribution in [3.8, 4) is 5.75 Å². The van der Waals surface area contributed by atoms with Gasteiger partial charge < -0.3 is 4.74 Å². The Bertz CT molecular complexity index is 428. The third kappa shape index (κ3) is 3.55. The van der Waals surface area contributed by atoms with Crippen molar-refractivity contribution in [1.29, 1.82) is 0 Å². The first-order valence-corrected chi connectivity index (χ1v) is 7.85. The van der Waals surface area contributed by atoms with Crippen LogP contribution in [0.15, 0.2) is 18.2 Å². The Labute approximate surface area is 110 Å². The molecule has 0 amide bonds. The second-order valence-electron chi connectivity index (χ2n) is 4.86. The smallest absolute Gasteiger partial charge is 0.123 e. The topological polar surface area (TPSA) is 26.3 Å². The molecule has 0 aliphatic heterocycles. The van der Waals surface area contributed by atoms with Crippen LogP contribution in [0.1, 0.15) is 31.2 Å².